The minimum absolute atomic E-state index is 0.996. The number of nitrogens with zero attached hydrogens (tertiary/aromatic N) is 2. The summed E-state index contributed by atoms with van der Waals surface area (Å²) in [6, 6.07) is 8.45. The monoisotopic (exact) mass is 222 g/mol. The van der Waals surface area contributed by atoms with E-state index in [9.17, 15) is 0 Å². The summed E-state index contributed by atoms with van der Waals surface area (Å²) >= 11 is 0. The van der Waals surface area contributed by atoms with E-state index in [4.69, 9.17) is 4.98 Å². The molecule has 2 heteroatoms. The largest absolute Gasteiger partial charge is 0.254 e. The Morgan fingerprint density at radius 3 is 2.59 bits per heavy atom. The summed E-state index contributed by atoms with van der Waals surface area (Å²) in [6.45, 7) is 6.28. The van der Waals surface area contributed by atoms with Crippen molar-refractivity contribution in [2.24, 2.45) is 0 Å². The summed E-state index contributed by atoms with van der Waals surface area (Å²) in [4.78, 5) is 9.16. The summed E-state index contributed by atoms with van der Waals surface area (Å²) in [5.41, 5.74) is 5.59. The van der Waals surface area contributed by atoms with Crippen LogP contribution in [-0.4, -0.2) is 9.97 Å². The van der Waals surface area contributed by atoms with Crippen LogP contribution in [0.15, 0.2) is 30.5 Å². The molecule has 2 nitrogen and oxygen atoms in total. The van der Waals surface area contributed by atoms with Gasteiger partial charge in [-0.3, -0.25) is 9.97 Å². The number of fused-ring (bicyclic) bond motifs is 3. The molecule has 0 bridgehead atoms. The highest BCUT2D eigenvalue weighted by atomic mass is 14.7. The Kier molecular flexibility index (Phi) is 2.11. The van der Waals surface area contributed by atoms with Gasteiger partial charge in [-0.15, -0.1) is 0 Å². The van der Waals surface area contributed by atoms with Gasteiger partial charge in [-0.2, -0.15) is 0 Å². The SMILES string of the molecule is Cc1cc2c(C)cc3cccnc3c2nc1C. The van der Waals surface area contributed by atoms with E-state index in [0.717, 1.165) is 22.1 Å². The molecule has 0 radical (unpaired) electrons. The average molecular weight is 222 g/mol. The van der Waals surface area contributed by atoms with E-state index in [1.807, 2.05) is 19.2 Å². The Morgan fingerprint density at radius 1 is 0.941 bits per heavy atom. The predicted octanol–water partition coefficient (Wildman–Crippen LogP) is 3.71. The number of benzene rings is 1. The molecular weight excluding hydrogens is 208 g/mol. The van der Waals surface area contributed by atoms with Crippen molar-refractivity contribution >= 4 is 21.8 Å². The van der Waals surface area contributed by atoms with Gasteiger partial charge in [0.15, 0.2) is 0 Å². The fraction of sp³-hybridized carbons (Fsp3) is 0.200. The zero-order valence-electron chi connectivity index (χ0n) is 10.3. The lowest BCUT2D eigenvalue weighted by Crippen LogP contribution is -1.92. The maximum Gasteiger partial charge on any atom is 0.0970 e. The van der Waals surface area contributed by atoms with Crippen LogP contribution in [0.4, 0.5) is 0 Å². The zero-order chi connectivity index (χ0) is 12.0. The lowest BCUT2D eigenvalue weighted by atomic mass is 10.0. The Hall–Kier alpha value is -1.96. The molecule has 2 aromatic heterocycles. The van der Waals surface area contributed by atoms with Gasteiger partial charge in [0.25, 0.3) is 0 Å². The van der Waals surface area contributed by atoms with Crippen LogP contribution >= 0.6 is 0 Å². The molecule has 0 unspecified atom stereocenters. The molecular formula is C15H14N2. The summed E-state index contributed by atoms with van der Waals surface area (Å²) in [7, 11) is 0. The minimum atomic E-state index is 0.996. The third kappa shape index (κ3) is 1.48. The summed E-state index contributed by atoms with van der Waals surface area (Å²) in [6.07, 6.45) is 1.83. The van der Waals surface area contributed by atoms with Gasteiger partial charge in [0, 0.05) is 22.7 Å². The maximum absolute atomic E-state index is 4.70. The maximum atomic E-state index is 4.70. The van der Waals surface area contributed by atoms with Crippen molar-refractivity contribution in [3.8, 4) is 0 Å². The van der Waals surface area contributed by atoms with Crippen LogP contribution in [0.5, 0.6) is 0 Å². The molecule has 84 valence electrons. The Balaban J connectivity index is 2.60. The molecule has 0 amide bonds. The highest BCUT2D eigenvalue weighted by Gasteiger charge is 2.07. The van der Waals surface area contributed by atoms with E-state index in [1.165, 1.54) is 16.5 Å². The number of aromatic nitrogens is 2. The molecule has 0 aliphatic heterocycles. The van der Waals surface area contributed by atoms with Crippen LogP contribution in [-0.2, 0) is 0 Å². The van der Waals surface area contributed by atoms with E-state index in [1.54, 1.807) is 0 Å². The summed E-state index contributed by atoms with van der Waals surface area (Å²) in [5.74, 6) is 0. The van der Waals surface area contributed by atoms with Gasteiger partial charge in [0.05, 0.1) is 11.0 Å². The first-order chi connectivity index (χ1) is 8.16. The first-order valence-corrected chi connectivity index (χ1v) is 5.79. The first-order valence-electron chi connectivity index (χ1n) is 5.79. The van der Waals surface area contributed by atoms with Gasteiger partial charge in [-0.05, 0) is 50.1 Å². The molecule has 1 aromatic carbocycles. The standard InChI is InChI=1S/C15H14N2/c1-9-8-13-10(2)7-12-5-4-6-16-14(12)15(13)17-11(9)3/h4-8H,1-3H3. The smallest absolute Gasteiger partial charge is 0.0970 e. The number of hydrogen-bond acceptors (Lipinski definition) is 2. The molecule has 3 aromatic rings. The van der Waals surface area contributed by atoms with E-state index in [-0.39, 0.29) is 0 Å². The van der Waals surface area contributed by atoms with E-state index in [2.05, 4.69) is 37.0 Å². The molecule has 0 saturated carbocycles. The van der Waals surface area contributed by atoms with Crippen molar-refractivity contribution in [1.29, 1.82) is 0 Å². The van der Waals surface area contributed by atoms with Crippen LogP contribution in [0.25, 0.3) is 21.8 Å². The molecule has 0 N–H and O–H groups in total. The molecule has 0 aliphatic rings. The van der Waals surface area contributed by atoms with Crippen LogP contribution in [0.1, 0.15) is 16.8 Å². The van der Waals surface area contributed by atoms with Crippen LogP contribution < -0.4 is 0 Å². The lowest BCUT2D eigenvalue weighted by molar-refractivity contribution is 1.19. The van der Waals surface area contributed by atoms with Gasteiger partial charge in [-0.1, -0.05) is 6.07 Å². The third-order valence-corrected chi connectivity index (χ3v) is 3.33. The molecule has 0 saturated heterocycles. The molecule has 0 aliphatic carbocycles. The molecule has 0 spiro atoms. The van der Waals surface area contributed by atoms with Crippen molar-refractivity contribution in [1.82, 2.24) is 9.97 Å². The van der Waals surface area contributed by atoms with Gasteiger partial charge in [0.1, 0.15) is 0 Å². The first kappa shape index (κ1) is 10.2. The highest BCUT2D eigenvalue weighted by molar-refractivity contribution is 6.04. The highest BCUT2D eigenvalue weighted by Crippen LogP contribution is 2.26. The van der Waals surface area contributed by atoms with Crippen LogP contribution in [0.2, 0.25) is 0 Å². The van der Waals surface area contributed by atoms with Crippen molar-refractivity contribution in [2.75, 3.05) is 0 Å². The van der Waals surface area contributed by atoms with Gasteiger partial charge in [-0.25, -0.2) is 0 Å². The van der Waals surface area contributed by atoms with Gasteiger partial charge in [0.2, 0.25) is 0 Å². The number of hydrogen-bond donors (Lipinski definition) is 0. The Bertz CT molecular complexity index is 730. The second kappa shape index (κ2) is 3.52. The molecule has 3 rings (SSSR count). The number of rotatable bonds is 0. The zero-order valence-corrected chi connectivity index (χ0v) is 10.3. The molecule has 17 heavy (non-hydrogen) atoms. The fourth-order valence-electron chi connectivity index (χ4n) is 2.23. The van der Waals surface area contributed by atoms with Crippen LogP contribution in [0, 0.1) is 20.8 Å². The van der Waals surface area contributed by atoms with Crippen molar-refractivity contribution in [3.63, 3.8) is 0 Å². The predicted molar refractivity (Wildman–Crippen MR) is 71.3 cm³/mol. The van der Waals surface area contributed by atoms with Gasteiger partial charge >= 0.3 is 0 Å². The molecule has 2 heterocycles. The normalized spacial score (nSPS) is 11.2. The van der Waals surface area contributed by atoms with Crippen molar-refractivity contribution in [2.45, 2.75) is 20.8 Å². The van der Waals surface area contributed by atoms with E-state index >= 15 is 0 Å². The Labute approximate surface area is 100 Å². The number of aryl methyl sites for hydroxylation is 3. The lowest BCUT2D eigenvalue weighted by Gasteiger charge is -2.08. The summed E-state index contributed by atoms with van der Waals surface area (Å²) < 4.78 is 0. The quantitative estimate of drug-likeness (QED) is 0.542. The van der Waals surface area contributed by atoms with E-state index < -0.39 is 0 Å². The third-order valence-electron chi connectivity index (χ3n) is 3.33. The Morgan fingerprint density at radius 2 is 1.76 bits per heavy atom. The second-order valence-electron chi connectivity index (χ2n) is 4.56. The van der Waals surface area contributed by atoms with E-state index in [0.29, 0.717) is 0 Å². The fourth-order valence-corrected chi connectivity index (χ4v) is 2.23. The second-order valence-corrected chi connectivity index (χ2v) is 4.56. The topological polar surface area (TPSA) is 25.8 Å². The molecule has 0 atom stereocenters. The molecule has 0 fully saturated rings. The van der Waals surface area contributed by atoms with Crippen molar-refractivity contribution in [3.05, 3.63) is 47.3 Å². The summed E-state index contributed by atoms with van der Waals surface area (Å²) in [5, 5.41) is 2.37. The number of pyridine rings is 2. The van der Waals surface area contributed by atoms with Crippen LogP contribution in [0.3, 0.4) is 0 Å². The minimum Gasteiger partial charge on any atom is -0.254 e. The van der Waals surface area contributed by atoms with Gasteiger partial charge < -0.3 is 0 Å². The average Bonchev–Trinajstić information content (AvgIpc) is 2.32. The van der Waals surface area contributed by atoms with Crippen molar-refractivity contribution < 1.29 is 0 Å².